The summed E-state index contributed by atoms with van der Waals surface area (Å²) in [6.07, 6.45) is 3.88. The van der Waals surface area contributed by atoms with Crippen molar-refractivity contribution in [2.45, 2.75) is 44.5 Å². The van der Waals surface area contributed by atoms with Gasteiger partial charge in [0.2, 0.25) is 0 Å². The number of rotatable bonds is 3. The zero-order valence-corrected chi connectivity index (χ0v) is 9.54. The lowest BCUT2D eigenvalue weighted by atomic mass is 9.52. The van der Waals surface area contributed by atoms with Crippen LogP contribution in [-0.2, 0) is 19.0 Å². The van der Waals surface area contributed by atoms with Gasteiger partial charge in [0, 0.05) is 34.0 Å². The highest BCUT2D eigenvalue weighted by molar-refractivity contribution is 5.66. The summed E-state index contributed by atoms with van der Waals surface area (Å²) < 4.78 is 15.8. The Hall–Kier alpha value is -0.610. The van der Waals surface area contributed by atoms with Crippen molar-refractivity contribution < 1.29 is 19.0 Å². The van der Waals surface area contributed by atoms with Crippen LogP contribution in [0.25, 0.3) is 0 Å². The van der Waals surface area contributed by atoms with E-state index in [9.17, 15) is 4.79 Å². The minimum absolute atomic E-state index is 0.120. The molecule has 2 saturated carbocycles. The fourth-order valence-corrected chi connectivity index (χ4v) is 2.98. The maximum Gasteiger partial charge on any atom is 0.302 e. The molecule has 1 spiro atoms. The monoisotopic (exact) mass is 214 g/mol. The highest BCUT2D eigenvalue weighted by Crippen LogP contribution is 2.62. The van der Waals surface area contributed by atoms with Gasteiger partial charge in [-0.1, -0.05) is 0 Å². The predicted molar refractivity (Wildman–Crippen MR) is 53.2 cm³/mol. The number of carbonyl (C=O) groups excluding carboxylic acids is 1. The summed E-state index contributed by atoms with van der Waals surface area (Å²) in [5, 5.41) is 0. The third-order valence-corrected chi connectivity index (χ3v) is 3.69. The second kappa shape index (κ2) is 3.46. The van der Waals surface area contributed by atoms with Crippen LogP contribution in [0.3, 0.4) is 0 Å². The van der Waals surface area contributed by atoms with Crippen LogP contribution in [0.4, 0.5) is 0 Å². The Morgan fingerprint density at radius 1 is 1.20 bits per heavy atom. The first kappa shape index (κ1) is 10.9. The molecule has 4 nitrogen and oxygen atoms in total. The Morgan fingerprint density at radius 2 is 1.73 bits per heavy atom. The lowest BCUT2D eigenvalue weighted by molar-refractivity contribution is -0.322. The van der Waals surface area contributed by atoms with Crippen LogP contribution >= 0.6 is 0 Å². The molecule has 2 aliphatic rings. The van der Waals surface area contributed by atoms with Crippen LogP contribution in [0, 0.1) is 5.41 Å². The van der Waals surface area contributed by atoms with Crippen molar-refractivity contribution >= 4 is 5.97 Å². The first-order chi connectivity index (χ1) is 7.03. The van der Waals surface area contributed by atoms with Crippen molar-refractivity contribution in [2.75, 3.05) is 14.2 Å². The molecule has 0 unspecified atom stereocenters. The molecule has 0 aromatic rings. The lowest BCUT2D eigenvalue weighted by Crippen LogP contribution is -2.61. The standard InChI is InChI=1S/C11H18O4/c1-8(12)15-9-4-10(5-9)6-11(7-10,13-2)14-3/h9H,4-7H2,1-3H3. The van der Waals surface area contributed by atoms with E-state index in [1.807, 2.05) is 0 Å². The van der Waals surface area contributed by atoms with Crippen molar-refractivity contribution in [3.63, 3.8) is 0 Å². The van der Waals surface area contributed by atoms with Gasteiger partial charge in [0.1, 0.15) is 6.10 Å². The summed E-state index contributed by atoms with van der Waals surface area (Å²) in [4.78, 5) is 10.7. The lowest BCUT2D eigenvalue weighted by Gasteiger charge is -2.60. The molecule has 0 saturated heterocycles. The van der Waals surface area contributed by atoms with Crippen LogP contribution in [0.2, 0.25) is 0 Å². The summed E-state index contributed by atoms with van der Waals surface area (Å²) in [6.45, 7) is 1.46. The van der Waals surface area contributed by atoms with E-state index in [1.165, 1.54) is 6.92 Å². The van der Waals surface area contributed by atoms with Crippen molar-refractivity contribution in [1.82, 2.24) is 0 Å². The molecule has 86 valence electrons. The molecule has 0 heterocycles. The van der Waals surface area contributed by atoms with Gasteiger partial charge < -0.3 is 14.2 Å². The molecule has 0 aliphatic heterocycles. The zero-order valence-electron chi connectivity index (χ0n) is 9.54. The number of hydrogen-bond acceptors (Lipinski definition) is 4. The summed E-state index contributed by atoms with van der Waals surface area (Å²) in [6, 6.07) is 0. The predicted octanol–water partition coefficient (Wildman–Crippen LogP) is 1.48. The highest BCUT2D eigenvalue weighted by atomic mass is 16.7. The van der Waals surface area contributed by atoms with Crippen LogP contribution in [0.1, 0.15) is 32.6 Å². The molecule has 4 heteroatoms. The van der Waals surface area contributed by atoms with Gasteiger partial charge in [0.15, 0.2) is 5.79 Å². The van der Waals surface area contributed by atoms with E-state index >= 15 is 0 Å². The fraction of sp³-hybridized carbons (Fsp3) is 0.909. The molecular formula is C11H18O4. The SMILES string of the molecule is COC1(OC)CC2(CC(OC(C)=O)C2)C1. The molecule has 0 aromatic heterocycles. The van der Waals surface area contributed by atoms with Crippen molar-refractivity contribution in [2.24, 2.45) is 5.41 Å². The highest BCUT2D eigenvalue weighted by Gasteiger charge is 2.62. The number of methoxy groups -OCH3 is 2. The third-order valence-electron chi connectivity index (χ3n) is 3.69. The van der Waals surface area contributed by atoms with Crippen LogP contribution in [0.5, 0.6) is 0 Å². The molecule has 0 atom stereocenters. The van der Waals surface area contributed by atoms with E-state index in [0.717, 1.165) is 25.7 Å². The van der Waals surface area contributed by atoms with Crippen molar-refractivity contribution in [3.8, 4) is 0 Å². The number of esters is 1. The topological polar surface area (TPSA) is 44.8 Å². The Kier molecular flexibility index (Phi) is 2.51. The first-order valence-corrected chi connectivity index (χ1v) is 5.31. The Morgan fingerprint density at radius 3 is 2.13 bits per heavy atom. The smallest absolute Gasteiger partial charge is 0.302 e. The van der Waals surface area contributed by atoms with E-state index in [2.05, 4.69) is 0 Å². The molecule has 2 fully saturated rings. The Labute approximate surface area is 89.9 Å². The normalized spacial score (nSPS) is 26.9. The molecule has 2 aliphatic carbocycles. The average Bonchev–Trinajstić information content (AvgIpc) is 2.06. The zero-order chi connectivity index (χ0) is 11.1. The number of hydrogen-bond donors (Lipinski definition) is 0. The molecule has 0 amide bonds. The first-order valence-electron chi connectivity index (χ1n) is 5.31. The van der Waals surface area contributed by atoms with Crippen molar-refractivity contribution in [1.29, 1.82) is 0 Å². The van der Waals surface area contributed by atoms with E-state index in [0.29, 0.717) is 5.41 Å². The van der Waals surface area contributed by atoms with Gasteiger partial charge in [0.05, 0.1) is 0 Å². The van der Waals surface area contributed by atoms with Gasteiger partial charge in [-0.3, -0.25) is 4.79 Å². The number of ether oxygens (including phenoxy) is 3. The van der Waals surface area contributed by atoms with Gasteiger partial charge in [0.25, 0.3) is 0 Å². The van der Waals surface area contributed by atoms with E-state index < -0.39 is 0 Å². The van der Waals surface area contributed by atoms with Crippen LogP contribution in [-0.4, -0.2) is 32.1 Å². The number of carbonyl (C=O) groups is 1. The fourth-order valence-electron chi connectivity index (χ4n) is 2.98. The maximum atomic E-state index is 10.7. The maximum absolute atomic E-state index is 10.7. The van der Waals surface area contributed by atoms with E-state index in [4.69, 9.17) is 14.2 Å². The molecule has 0 bridgehead atoms. The molecule has 0 radical (unpaired) electrons. The second-order valence-electron chi connectivity index (χ2n) is 4.81. The molecule has 15 heavy (non-hydrogen) atoms. The minimum Gasteiger partial charge on any atom is -0.463 e. The van der Waals surface area contributed by atoms with Gasteiger partial charge in [-0.05, 0) is 18.3 Å². The molecule has 0 N–H and O–H groups in total. The largest absolute Gasteiger partial charge is 0.463 e. The quantitative estimate of drug-likeness (QED) is 0.527. The Bertz CT molecular complexity index is 254. The van der Waals surface area contributed by atoms with Gasteiger partial charge in [-0.2, -0.15) is 0 Å². The third kappa shape index (κ3) is 1.76. The van der Waals surface area contributed by atoms with Crippen LogP contribution < -0.4 is 0 Å². The molecule has 2 rings (SSSR count). The van der Waals surface area contributed by atoms with Gasteiger partial charge in [-0.15, -0.1) is 0 Å². The molecular weight excluding hydrogens is 196 g/mol. The average molecular weight is 214 g/mol. The van der Waals surface area contributed by atoms with E-state index in [-0.39, 0.29) is 17.9 Å². The second-order valence-corrected chi connectivity index (χ2v) is 4.81. The summed E-state index contributed by atoms with van der Waals surface area (Å²) >= 11 is 0. The summed E-state index contributed by atoms with van der Waals surface area (Å²) in [5.41, 5.74) is 0.312. The van der Waals surface area contributed by atoms with E-state index in [1.54, 1.807) is 14.2 Å². The summed E-state index contributed by atoms with van der Waals surface area (Å²) in [7, 11) is 3.36. The van der Waals surface area contributed by atoms with Gasteiger partial charge >= 0.3 is 5.97 Å². The summed E-state index contributed by atoms with van der Waals surface area (Å²) in [5.74, 6) is -0.555. The molecule has 0 aromatic carbocycles. The minimum atomic E-state index is -0.374. The van der Waals surface area contributed by atoms with Crippen LogP contribution in [0.15, 0.2) is 0 Å². The Balaban J connectivity index is 1.79. The van der Waals surface area contributed by atoms with Gasteiger partial charge in [-0.25, -0.2) is 0 Å². The van der Waals surface area contributed by atoms with Crippen molar-refractivity contribution in [3.05, 3.63) is 0 Å².